The summed E-state index contributed by atoms with van der Waals surface area (Å²) in [4.78, 5) is 0. The Morgan fingerprint density at radius 1 is 0.667 bits per heavy atom. The molecule has 0 aliphatic rings. The smallest absolute Gasteiger partial charge is 0.360 e. The predicted molar refractivity (Wildman–Crippen MR) is 97.6 cm³/mol. The first-order valence-corrected chi connectivity index (χ1v) is 8.15. The normalized spacial score (nSPS) is 10.5. The van der Waals surface area contributed by atoms with Crippen LogP contribution in [0.5, 0.6) is 0 Å². The molecule has 0 amide bonds. The number of rotatable bonds is 3. The molecule has 0 radical (unpaired) electrons. The number of aryl methyl sites for hydroxylation is 2. The third-order valence-electron chi connectivity index (χ3n) is 4.10. The molecule has 0 saturated heterocycles. The molecule has 0 aliphatic heterocycles. The molecule has 0 aliphatic carbocycles. The molecule has 124 valence electrons. The highest BCUT2D eigenvalue weighted by atomic mass is 127. The fourth-order valence-corrected chi connectivity index (χ4v) is 2.58. The van der Waals surface area contributed by atoms with E-state index in [2.05, 4.69) is 88.4 Å². The van der Waals surface area contributed by atoms with Crippen molar-refractivity contribution >= 4 is 0 Å². The SMILES string of the molecule is Cc1ccc(-c2cc(-c3ccc(C)cc3)[o+]c(C(C)C)c2)cc1.[I-]. The molecule has 2 aromatic carbocycles. The summed E-state index contributed by atoms with van der Waals surface area (Å²) in [6, 6.07) is 21.4. The maximum absolute atomic E-state index is 6.15. The van der Waals surface area contributed by atoms with Gasteiger partial charge in [-0.15, -0.1) is 0 Å². The highest BCUT2D eigenvalue weighted by Gasteiger charge is 2.21. The van der Waals surface area contributed by atoms with Gasteiger partial charge in [0.25, 0.3) is 0 Å². The number of benzene rings is 2. The van der Waals surface area contributed by atoms with Gasteiger partial charge in [-0.3, -0.25) is 0 Å². The Balaban J connectivity index is 0.00000208. The van der Waals surface area contributed by atoms with Crippen LogP contribution in [-0.2, 0) is 0 Å². The molecule has 2 heteroatoms. The van der Waals surface area contributed by atoms with Crippen molar-refractivity contribution in [3.8, 4) is 22.5 Å². The van der Waals surface area contributed by atoms with Gasteiger partial charge in [-0.25, -0.2) is 4.42 Å². The number of hydrogen-bond acceptors (Lipinski definition) is 0. The molecule has 0 spiro atoms. The second-order valence-corrected chi connectivity index (χ2v) is 6.50. The monoisotopic (exact) mass is 430 g/mol. The Morgan fingerprint density at radius 3 is 1.67 bits per heavy atom. The first-order chi connectivity index (χ1) is 11.0. The molecule has 1 heterocycles. The average molecular weight is 430 g/mol. The van der Waals surface area contributed by atoms with Gasteiger partial charge in [0.1, 0.15) is 0 Å². The van der Waals surface area contributed by atoms with Crippen molar-refractivity contribution in [2.24, 2.45) is 0 Å². The lowest BCUT2D eigenvalue weighted by Gasteiger charge is -2.04. The van der Waals surface area contributed by atoms with Gasteiger partial charge in [0.15, 0.2) is 0 Å². The summed E-state index contributed by atoms with van der Waals surface area (Å²) < 4.78 is 6.15. The lowest BCUT2D eigenvalue weighted by Crippen LogP contribution is -3.00. The van der Waals surface area contributed by atoms with Gasteiger partial charge in [0.05, 0.1) is 17.5 Å². The van der Waals surface area contributed by atoms with Crippen molar-refractivity contribution in [3.63, 3.8) is 0 Å². The Kier molecular flexibility index (Phi) is 6.16. The zero-order valence-electron chi connectivity index (χ0n) is 14.6. The van der Waals surface area contributed by atoms with Crippen LogP contribution in [0, 0.1) is 13.8 Å². The van der Waals surface area contributed by atoms with Crippen LogP contribution in [0.1, 0.15) is 36.7 Å². The predicted octanol–water partition coefficient (Wildman–Crippen LogP) is 3.64. The van der Waals surface area contributed by atoms with Gasteiger partial charge in [0.2, 0.25) is 0 Å². The van der Waals surface area contributed by atoms with Crippen LogP contribution in [0.15, 0.2) is 65.1 Å². The van der Waals surface area contributed by atoms with E-state index in [-0.39, 0.29) is 24.0 Å². The molecule has 1 nitrogen and oxygen atoms in total. The van der Waals surface area contributed by atoms with Gasteiger partial charge < -0.3 is 24.0 Å². The van der Waals surface area contributed by atoms with E-state index in [1.54, 1.807) is 0 Å². The van der Waals surface area contributed by atoms with E-state index < -0.39 is 0 Å². The minimum atomic E-state index is 0. The maximum atomic E-state index is 6.15. The van der Waals surface area contributed by atoms with E-state index >= 15 is 0 Å². The molecule has 1 aromatic heterocycles. The molecule has 0 N–H and O–H groups in total. The molecular weight excluding hydrogens is 407 g/mol. The van der Waals surface area contributed by atoms with Crippen molar-refractivity contribution in [1.82, 2.24) is 0 Å². The van der Waals surface area contributed by atoms with E-state index in [1.807, 2.05) is 0 Å². The molecule has 3 rings (SSSR count). The lowest BCUT2D eigenvalue weighted by molar-refractivity contribution is -0.00000534. The van der Waals surface area contributed by atoms with E-state index in [0.717, 1.165) is 17.1 Å². The van der Waals surface area contributed by atoms with Crippen molar-refractivity contribution in [1.29, 1.82) is 0 Å². The Labute approximate surface area is 161 Å². The van der Waals surface area contributed by atoms with Crippen LogP contribution < -0.4 is 24.0 Å². The number of halogens is 1. The lowest BCUT2D eigenvalue weighted by atomic mass is 10.00. The summed E-state index contributed by atoms with van der Waals surface area (Å²) in [5, 5.41) is 0. The van der Waals surface area contributed by atoms with Crippen molar-refractivity contribution < 1.29 is 28.4 Å². The summed E-state index contributed by atoms with van der Waals surface area (Å²) in [7, 11) is 0. The third-order valence-corrected chi connectivity index (χ3v) is 4.10. The largest absolute Gasteiger partial charge is 1.00 e. The van der Waals surface area contributed by atoms with Crippen molar-refractivity contribution in [2.45, 2.75) is 33.6 Å². The fraction of sp³-hybridized carbons (Fsp3) is 0.227. The average Bonchev–Trinajstić information content (AvgIpc) is 2.55. The highest BCUT2D eigenvalue weighted by Crippen LogP contribution is 2.31. The zero-order valence-corrected chi connectivity index (χ0v) is 16.8. The summed E-state index contributed by atoms with van der Waals surface area (Å²) in [5.41, 5.74) is 6.08. The standard InChI is InChI=1S/C22H23O.HI/c1-15(2)21-13-20(18-9-5-16(3)6-10-18)14-22(23-21)19-11-7-17(4)8-12-19;/h5-15H,1-4H3;1H/q+1;/p-1. The molecule has 0 atom stereocenters. The van der Waals surface area contributed by atoms with Crippen LogP contribution in [-0.4, -0.2) is 0 Å². The molecule has 0 bridgehead atoms. The molecule has 0 saturated carbocycles. The van der Waals surface area contributed by atoms with Gasteiger partial charge in [0, 0.05) is 11.6 Å². The van der Waals surface area contributed by atoms with Crippen LogP contribution >= 0.6 is 0 Å². The molecule has 0 unspecified atom stereocenters. The van der Waals surface area contributed by atoms with Gasteiger partial charge in [-0.05, 0) is 31.5 Å². The highest BCUT2D eigenvalue weighted by molar-refractivity contribution is 5.70. The molecule has 24 heavy (non-hydrogen) atoms. The minimum Gasteiger partial charge on any atom is -1.00 e. The van der Waals surface area contributed by atoms with Crippen LogP contribution in [0.2, 0.25) is 0 Å². The quantitative estimate of drug-likeness (QED) is 0.456. The summed E-state index contributed by atoms with van der Waals surface area (Å²) in [6.07, 6.45) is 0. The zero-order chi connectivity index (χ0) is 16.4. The third kappa shape index (κ3) is 4.23. The summed E-state index contributed by atoms with van der Waals surface area (Å²) in [6.45, 7) is 8.54. The Morgan fingerprint density at radius 2 is 1.17 bits per heavy atom. The first kappa shape index (κ1) is 18.7. The van der Waals surface area contributed by atoms with Gasteiger partial charge >= 0.3 is 11.5 Å². The first-order valence-electron chi connectivity index (χ1n) is 8.15. The number of hydrogen-bond donors (Lipinski definition) is 0. The van der Waals surface area contributed by atoms with E-state index in [9.17, 15) is 0 Å². The Hall–Kier alpha value is -1.68. The van der Waals surface area contributed by atoms with Crippen molar-refractivity contribution in [3.05, 3.63) is 77.6 Å². The van der Waals surface area contributed by atoms with Crippen molar-refractivity contribution in [2.75, 3.05) is 0 Å². The maximum Gasteiger partial charge on any atom is 0.360 e. The van der Waals surface area contributed by atoms with Gasteiger partial charge in [-0.2, -0.15) is 0 Å². The van der Waals surface area contributed by atoms with Gasteiger partial charge in [-0.1, -0.05) is 61.4 Å². The summed E-state index contributed by atoms with van der Waals surface area (Å²) >= 11 is 0. The van der Waals surface area contributed by atoms with Crippen LogP contribution in [0.25, 0.3) is 22.5 Å². The fourth-order valence-electron chi connectivity index (χ4n) is 2.58. The van der Waals surface area contributed by atoms with E-state index in [1.165, 1.54) is 22.3 Å². The topological polar surface area (TPSA) is 11.3 Å². The Bertz CT molecular complexity index is 739. The van der Waals surface area contributed by atoms with Crippen LogP contribution in [0.4, 0.5) is 0 Å². The summed E-state index contributed by atoms with van der Waals surface area (Å²) in [5.74, 6) is 2.29. The molecule has 0 fully saturated rings. The van der Waals surface area contributed by atoms with E-state index in [4.69, 9.17) is 4.42 Å². The second kappa shape index (κ2) is 7.93. The molecular formula is C22H23IO. The van der Waals surface area contributed by atoms with E-state index in [0.29, 0.717) is 5.92 Å². The van der Waals surface area contributed by atoms with Crippen LogP contribution in [0.3, 0.4) is 0 Å². The minimum absolute atomic E-state index is 0. The molecule has 3 aromatic rings. The second-order valence-electron chi connectivity index (χ2n) is 6.50.